The molecule has 6 aromatic rings. The zero-order valence-corrected chi connectivity index (χ0v) is 44.4. The molecule has 3 atom stereocenters. The van der Waals surface area contributed by atoms with E-state index < -0.39 is 41.7 Å². The van der Waals surface area contributed by atoms with E-state index in [0.717, 1.165) is 69.2 Å². The molecule has 4 amide bonds. The van der Waals surface area contributed by atoms with Crippen LogP contribution in [0, 0.1) is 33.1 Å². The third-order valence-corrected chi connectivity index (χ3v) is 11.2. The first kappa shape index (κ1) is 60.5. The first-order valence-electron chi connectivity index (χ1n) is 23.8. The van der Waals surface area contributed by atoms with Crippen LogP contribution in [0.4, 0.5) is 9.59 Å². The number of nitrogens with zero attached hydrogens (tertiary/aromatic N) is 6. The van der Waals surface area contributed by atoms with Gasteiger partial charge in [-0.15, -0.1) is 0 Å². The molecule has 400 valence electrons. The third kappa shape index (κ3) is 18.3. The molecule has 0 fully saturated rings. The number of ether oxygens (including phenoxy) is 2. The van der Waals surface area contributed by atoms with Crippen molar-refractivity contribution < 1.29 is 58.7 Å². The molecule has 0 aliphatic rings. The first-order chi connectivity index (χ1) is 34.7. The van der Waals surface area contributed by atoms with Gasteiger partial charge in [-0.3, -0.25) is 9.59 Å². The Morgan fingerprint density at radius 1 is 0.635 bits per heavy atom. The number of benzene rings is 2. The van der Waals surface area contributed by atoms with Gasteiger partial charge in [-0.25, -0.2) is 29.1 Å². The number of carboxylic acid groups (broad SMARTS) is 2. The maximum absolute atomic E-state index is 12.3. The zero-order valence-electron chi connectivity index (χ0n) is 44.4. The van der Waals surface area contributed by atoms with Crippen LogP contribution in [0.1, 0.15) is 74.2 Å². The summed E-state index contributed by atoms with van der Waals surface area (Å²) >= 11 is 0. The summed E-state index contributed by atoms with van der Waals surface area (Å²) in [6.07, 6.45) is 0.603. The molecule has 0 bridgehead atoms. The number of likely N-dealkylation sites (N-methyl/N-ethyl adjacent to an activating group) is 2. The van der Waals surface area contributed by atoms with Gasteiger partial charge in [0.1, 0.15) is 24.5 Å². The first-order valence-corrected chi connectivity index (χ1v) is 23.8. The van der Waals surface area contributed by atoms with Crippen LogP contribution in [0.3, 0.4) is 0 Å². The molecule has 4 aromatic heterocycles. The van der Waals surface area contributed by atoms with E-state index in [-0.39, 0.29) is 31.1 Å². The molecule has 4 heterocycles. The number of aromatic nitrogens is 4. The zero-order chi connectivity index (χ0) is 55.6. The number of aliphatic hydroxyl groups is 2. The highest BCUT2D eigenvalue weighted by Gasteiger charge is 2.30. The summed E-state index contributed by atoms with van der Waals surface area (Å²) in [5, 5.41) is 35.2. The molecule has 7 N–H and O–H groups in total. The quantitative estimate of drug-likeness (QED) is 0.0612. The van der Waals surface area contributed by atoms with E-state index in [1.165, 1.54) is 11.1 Å². The van der Waals surface area contributed by atoms with Crippen molar-refractivity contribution in [3.63, 3.8) is 0 Å². The molecule has 2 aromatic carbocycles. The number of aliphatic carboxylic acids is 2. The number of nitrogens with two attached hydrogens (primary N) is 1. The van der Waals surface area contributed by atoms with Gasteiger partial charge in [0.25, 0.3) is 0 Å². The predicted molar refractivity (Wildman–Crippen MR) is 280 cm³/mol. The number of rotatable bonds is 16. The number of hydrogen-bond donors (Lipinski definition) is 6. The number of pyridine rings is 2. The molecule has 3 unspecified atom stereocenters. The van der Waals surface area contributed by atoms with Crippen molar-refractivity contribution in [2.75, 3.05) is 41.4 Å². The van der Waals surface area contributed by atoms with E-state index in [9.17, 15) is 28.8 Å². The average Bonchev–Trinajstić information content (AvgIpc) is 3.87. The van der Waals surface area contributed by atoms with Crippen LogP contribution in [0.25, 0.3) is 33.8 Å². The summed E-state index contributed by atoms with van der Waals surface area (Å²) in [5.74, 6) is -3.40. The number of hydrogen-bond acceptors (Lipinski definition) is 12. The van der Waals surface area contributed by atoms with Crippen LogP contribution in [0.2, 0.25) is 0 Å². The molecule has 0 aliphatic carbocycles. The molecule has 0 spiro atoms. The second-order valence-corrected chi connectivity index (χ2v) is 19.0. The van der Waals surface area contributed by atoms with Gasteiger partial charge in [0.2, 0.25) is 11.8 Å². The van der Waals surface area contributed by atoms with Crippen molar-refractivity contribution in [3.05, 3.63) is 119 Å². The van der Waals surface area contributed by atoms with E-state index in [1.807, 2.05) is 87.0 Å². The van der Waals surface area contributed by atoms with Crippen molar-refractivity contribution in [3.8, 4) is 22.5 Å². The molecule has 6 rings (SSSR count). The van der Waals surface area contributed by atoms with Crippen molar-refractivity contribution in [2.24, 2.45) is 11.1 Å². The Morgan fingerprint density at radius 3 is 1.32 bits per heavy atom. The van der Waals surface area contributed by atoms with Gasteiger partial charge in [-0.2, -0.15) is 0 Å². The minimum atomic E-state index is -2.27. The van der Waals surface area contributed by atoms with E-state index in [2.05, 4.69) is 67.7 Å². The number of carbonyl (C=O) groups is 6. The van der Waals surface area contributed by atoms with E-state index >= 15 is 0 Å². The Bertz CT molecular complexity index is 2690. The number of carboxylic acids is 2. The second kappa shape index (κ2) is 27.8. The summed E-state index contributed by atoms with van der Waals surface area (Å²) in [6, 6.07) is 24.6. The minimum absolute atomic E-state index is 0.0248. The number of aryl methyl sites for hydroxylation is 4. The molecule has 0 aliphatic heterocycles. The van der Waals surface area contributed by atoms with E-state index in [4.69, 9.17) is 45.6 Å². The molecule has 0 saturated carbocycles. The van der Waals surface area contributed by atoms with Crippen LogP contribution < -0.4 is 11.1 Å². The molecular weight excluding hydrogens is 953 g/mol. The lowest BCUT2D eigenvalue weighted by atomic mass is 9.87. The number of primary amides is 1. The number of carbonyl (C=O) groups excluding carboxylic acids is 4. The van der Waals surface area contributed by atoms with Crippen LogP contribution in [0.5, 0.6) is 0 Å². The van der Waals surface area contributed by atoms with Crippen molar-refractivity contribution in [1.29, 1.82) is 0 Å². The summed E-state index contributed by atoms with van der Waals surface area (Å²) in [7, 11) is 7.12. The smallest absolute Gasteiger partial charge is 0.407 e. The highest BCUT2D eigenvalue weighted by Crippen LogP contribution is 2.28. The van der Waals surface area contributed by atoms with Crippen molar-refractivity contribution >= 4 is 47.2 Å². The van der Waals surface area contributed by atoms with Crippen molar-refractivity contribution in [2.45, 2.75) is 99.3 Å². The van der Waals surface area contributed by atoms with Gasteiger partial charge in [0.15, 0.2) is 12.2 Å². The Kier molecular flexibility index (Phi) is 22.7. The standard InChI is InChI=1S/2C19H21N3O.C12H24N2O4.C4H6O6/c2*1-13-5-8-15(9-6-13)19-16(11-18(23)21(3)4)22-12-14(2)7-10-17(22)20-19;1-5-6-12(4,7-17-10(13)15)8-18-11(16)14-9(2)3;5-1(3(7)8)2(6)4(9)10/h2*5-10,12H,11H2,1-4H3;9H,5-8H2,1-4H3,(H2,13,15)(H,14,16);1-2,5-6H,(H,7,8)(H,9,10). The molecular formula is C54H72N8O12. The summed E-state index contributed by atoms with van der Waals surface area (Å²) in [6.45, 7) is 16.1. The Labute approximate surface area is 431 Å². The number of amides is 4. The Hall–Kier alpha value is -7.84. The highest BCUT2D eigenvalue weighted by molar-refractivity contribution is 5.83. The third-order valence-electron chi connectivity index (χ3n) is 11.2. The summed E-state index contributed by atoms with van der Waals surface area (Å²) < 4.78 is 14.0. The SMILES string of the molecule is CCCC(C)(COC(N)=O)COC(=O)NC(C)C.Cc1ccc(-c2nc3ccc(C)cn3c2CC(=O)N(C)C)cc1.Cc1ccc(-c2nc3ccc(C)cn3c2CC(=O)N(C)C)cc1.O=C(O)C(O)C(O)C(=O)O. The fourth-order valence-corrected chi connectivity index (χ4v) is 7.05. The van der Waals surface area contributed by atoms with Gasteiger partial charge >= 0.3 is 24.1 Å². The van der Waals surface area contributed by atoms with E-state index in [1.54, 1.807) is 38.0 Å². The molecule has 20 nitrogen and oxygen atoms in total. The summed E-state index contributed by atoms with van der Waals surface area (Å²) in [4.78, 5) is 78.8. The van der Waals surface area contributed by atoms with Crippen LogP contribution in [-0.4, -0.2) is 145 Å². The lowest BCUT2D eigenvalue weighted by Gasteiger charge is -2.27. The summed E-state index contributed by atoms with van der Waals surface area (Å²) in [5.41, 5.74) is 16.7. The monoisotopic (exact) mass is 1020 g/mol. The van der Waals surface area contributed by atoms with Crippen LogP contribution in [0.15, 0.2) is 85.2 Å². The predicted octanol–water partition coefficient (Wildman–Crippen LogP) is 6.40. The number of imidazole rings is 2. The highest BCUT2D eigenvalue weighted by atomic mass is 16.6. The lowest BCUT2D eigenvalue weighted by molar-refractivity contribution is -0.165. The minimum Gasteiger partial charge on any atom is -0.479 e. The normalized spacial score (nSPS) is 12.3. The van der Waals surface area contributed by atoms with Gasteiger partial charge in [0.05, 0.1) is 35.6 Å². The van der Waals surface area contributed by atoms with E-state index in [0.29, 0.717) is 12.8 Å². The largest absolute Gasteiger partial charge is 0.479 e. The lowest BCUT2D eigenvalue weighted by Crippen LogP contribution is -2.39. The fourth-order valence-electron chi connectivity index (χ4n) is 7.05. The Balaban J connectivity index is 0.000000271. The molecule has 20 heteroatoms. The number of alkyl carbamates (subject to hydrolysis) is 1. The van der Waals surface area contributed by atoms with Crippen LogP contribution in [-0.2, 0) is 41.5 Å². The molecule has 74 heavy (non-hydrogen) atoms. The van der Waals surface area contributed by atoms with Gasteiger partial charge in [-0.1, -0.05) is 92.1 Å². The van der Waals surface area contributed by atoms with Gasteiger partial charge < -0.3 is 59.6 Å². The molecule has 0 saturated heterocycles. The topological polar surface area (TPSA) is 281 Å². The average molecular weight is 1030 g/mol. The Morgan fingerprint density at radius 2 is 1.00 bits per heavy atom. The number of nitrogens with one attached hydrogen (secondary N) is 1. The number of fused-ring (bicyclic) bond motifs is 2. The van der Waals surface area contributed by atoms with Crippen molar-refractivity contribution in [1.82, 2.24) is 33.9 Å². The van der Waals surface area contributed by atoms with Gasteiger partial charge in [0, 0.05) is 63.2 Å². The van der Waals surface area contributed by atoms with Gasteiger partial charge in [-0.05, 0) is 71.2 Å². The second-order valence-electron chi connectivity index (χ2n) is 19.0. The fraction of sp³-hybridized carbons (Fsp3) is 0.407. The van der Waals surface area contributed by atoms with Crippen LogP contribution >= 0.6 is 0 Å². The molecule has 0 radical (unpaired) electrons. The number of aliphatic hydroxyl groups excluding tert-OH is 2. The maximum Gasteiger partial charge on any atom is 0.407 e. The maximum atomic E-state index is 12.3.